The molecule has 17 heavy (non-hydrogen) atoms. The molecule has 0 amide bonds. The Morgan fingerprint density at radius 2 is 2.00 bits per heavy atom. The van der Waals surface area contributed by atoms with Crippen LogP contribution in [-0.4, -0.2) is 50.2 Å². The Bertz CT molecular complexity index is 302. The number of hydrogen-bond donors (Lipinski definition) is 0. The third-order valence-corrected chi connectivity index (χ3v) is 5.13. The zero-order valence-electron chi connectivity index (χ0n) is 10.4. The van der Waals surface area contributed by atoms with Gasteiger partial charge < -0.3 is 4.74 Å². The minimum Gasteiger partial charge on any atom is -0.381 e. The fourth-order valence-electron chi connectivity index (χ4n) is 2.25. The number of ether oxygens (including phenoxy) is 1. The van der Waals surface area contributed by atoms with Crippen LogP contribution in [0.3, 0.4) is 0 Å². The third-order valence-electron chi connectivity index (χ3n) is 3.08. The van der Waals surface area contributed by atoms with E-state index < -0.39 is 10.0 Å². The average Bonchev–Trinajstić information content (AvgIpc) is 2.79. The van der Waals surface area contributed by atoms with Crippen LogP contribution in [0.2, 0.25) is 0 Å². The van der Waals surface area contributed by atoms with E-state index in [4.69, 9.17) is 16.3 Å². The van der Waals surface area contributed by atoms with Gasteiger partial charge in [0.1, 0.15) is 0 Å². The van der Waals surface area contributed by atoms with E-state index in [9.17, 15) is 8.42 Å². The summed E-state index contributed by atoms with van der Waals surface area (Å²) in [5.74, 6) is 0.415. The van der Waals surface area contributed by atoms with Crippen molar-refractivity contribution in [1.82, 2.24) is 4.31 Å². The molecule has 0 bridgehead atoms. The smallest absolute Gasteiger partial charge is 0.216 e. The highest BCUT2D eigenvalue weighted by atomic mass is 35.5. The van der Waals surface area contributed by atoms with Gasteiger partial charge >= 0.3 is 0 Å². The van der Waals surface area contributed by atoms with E-state index in [2.05, 4.69) is 0 Å². The van der Waals surface area contributed by atoms with Crippen molar-refractivity contribution in [3.8, 4) is 0 Å². The summed E-state index contributed by atoms with van der Waals surface area (Å²) < 4.78 is 31.1. The number of nitrogens with zero attached hydrogens (tertiary/aromatic N) is 1. The molecule has 0 aromatic carbocycles. The van der Waals surface area contributed by atoms with Gasteiger partial charge in [0.15, 0.2) is 0 Å². The summed E-state index contributed by atoms with van der Waals surface area (Å²) in [5, 5.41) is 0. The molecule has 102 valence electrons. The first-order valence-corrected chi connectivity index (χ1v) is 8.39. The van der Waals surface area contributed by atoms with Gasteiger partial charge in [0.2, 0.25) is 10.0 Å². The lowest BCUT2D eigenvalue weighted by molar-refractivity contribution is 0.162. The van der Waals surface area contributed by atoms with Crippen LogP contribution in [0.5, 0.6) is 0 Å². The van der Waals surface area contributed by atoms with Gasteiger partial charge in [-0.3, -0.25) is 0 Å². The van der Waals surface area contributed by atoms with Gasteiger partial charge in [-0.2, -0.15) is 4.31 Å². The van der Waals surface area contributed by atoms with Crippen LogP contribution in [0.4, 0.5) is 0 Å². The van der Waals surface area contributed by atoms with Crippen molar-refractivity contribution in [3.05, 3.63) is 0 Å². The molecule has 0 unspecified atom stereocenters. The van der Waals surface area contributed by atoms with Gasteiger partial charge in [-0.15, -0.1) is 11.6 Å². The molecule has 0 N–H and O–H groups in total. The maximum Gasteiger partial charge on any atom is 0.216 e. The molecule has 1 aliphatic carbocycles. The molecular weight excluding hydrogens is 262 g/mol. The van der Waals surface area contributed by atoms with Crippen LogP contribution < -0.4 is 0 Å². The Balaban J connectivity index is 2.60. The average molecular weight is 284 g/mol. The van der Waals surface area contributed by atoms with Crippen LogP contribution in [0, 0.1) is 0 Å². The lowest BCUT2D eigenvalue weighted by Crippen LogP contribution is -2.42. The minimum atomic E-state index is -3.22. The molecule has 0 aromatic rings. The molecule has 0 heterocycles. The largest absolute Gasteiger partial charge is 0.381 e. The summed E-state index contributed by atoms with van der Waals surface area (Å²) >= 11 is 5.70. The number of halogens is 1. The highest BCUT2D eigenvalue weighted by Crippen LogP contribution is 2.25. The Labute approximate surface area is 109 Å². The summed E-state index contributed by atoms with van der Waals surface area (Å²) in [5.41, 5.74) is 0. The normalized spacial score (nSPS) is 18.1. The fraction of sp³-hybridized carbons (Fsp3) is 1.00. The third kappa shape index (κ3) is 4.73. The maximum absolute atomic E-state index is 12.2. The monoisotopic (exact) mass is 283 g/mol. The van der Waals surface area contributed by atoms with Gasteiger partial charge in [-0.05, 0) is 19.8 Å². The first kappa shape index (κ1) is 15.2. The fourth-order valence-corrected chi connectivity index (χ4v) is 4.13. The van der Waals surface area contributed by atoms with Crippen LogP contribution in [-0.2, 0) is 14.8 Å². The van der Waals surface area contributed by atoms with E-state index in [0.717, 1.165) is 25.7 Å². The number of sulfonamides is 1. The summed E-state index contributed by atoms with van der Waals surface area (Å²) in [4.78, 5) is 0. The van der Waals surface area contributed by atoms with E-state index in [-0.39, 0.29) is 18.4 Å². The number of alkyl halides is 1. The molecule has 6 heteroatoms. The van der Waals surface area contributed by atoms with Crippen LogP contribution in [0.25, 0.3) is 0 Å². The Kier molecular flexibility index (Phi) is 6.77. The summed E-state index contributed by atoms with van der Waals surface area (Å²) in [6.45, 7) is 3.10. The van der Waals surface area contributed by atoms with Gasteiger partial charge in [0, 0.05) is 25.1 Å². The highest BCUT2D eigenvalue weighted by molar-refractivity contribution is 7.89. The second kappa shape index (κ2) is 7.56. The molecule has 0 saturated heterocycles. The summed E-state index contributed by atoms with van der Waals surface area (Å²) in [7, 11) is -3.22. The first-order valence-electron chi connectivity index (χ1n) is 6.25. The van der Waals surface area contributed by atoms with Gasteiger partial charge in [-0.1, -0.05) is 12.8 Å². The van der Waals surface area contributed by atoms with Crippen molar-refractivity contribution in [1.29, 1.82) is 0 Å². The van der Waals surface area contributed by atoms with E-state index in [1.165, 1.54) is 0 Å². The van der Waals surface area contributed by atoms with Gasteiger partial charge in [0.05, 0.1) is 12.4 Å². The minimum absolute atomic E-state index is 0.0637. The van der Waals surface area contributed by atoms with Crippen LogP contribution in [0.1, 0.15) is 32.6 Å². The topological polar surface area (TPSA) is 46.6 Å². The van der Waals surface area contributed by atoms with Crippen molar-refractivity contribution in [3.63, 3.8) is 0 Å². The molecule has 0 aliphatic heterocycles. The summed E-state index contributed by atoms with van der Waals surface area (Å²) in [6, 6.07) is 0.153. The number of rotatable bonds is 8. The van der Waals surface area contributed by atoms with Crippen molar-refractivity contribution >= 4 is 21.6 Å². The molecule has 1 fully saturated rings. The molecule has 4 nitrogen and oxygen atoms in total. The van der Waals surface area contributed by atoms with E-state index in [1.807, 2.05) is 6.92 Å². The zero-order valence-corrected chi connectivity index (χ0v) is 12.0. The molecular formula is C11H22ClNO3S. The SMILES string of the molecule is CCOCCS(=O)(=O)N(CCCl)C1CCCC1. The highest BCUT2D eigenvalue weighted by Gasteiger charge is 2.31. The second-order valence-corrected chi connectivity index (χ2v) is 6.67. The molecule has 0 atom stereocenters. The zero-order chi connectivity index (χ0) is 12.7. The van der Waals surface area contributed by atoms with E-state index >= 15 is 0 Å². The van der Waals surface area contributed by atoms with Crippen molar-refractivity contribution in [2.45, 2.75) is 38.6 Å². The predicted molar refractivity (Wildman–Crippen MR) is 70.0 cm³/mol. The molecule has 0 radical (unpaired) electrons. The quantitative estimate of drug-likeness (QED) is 0.504. The maximum atomic E-state index is 12.2. The standard InChI is InChI=1S/C11H22ClNO3S/c1-2-16-9-10-17(14,15)13(8-7-12)11-5-3-4-6-11/h11H,2-10H2,1H3. The van der Waals surface area contributed by atoms with Crippen molar-refractivity contribution in [2.24, 2.45) is 0 Å². The molecule has 1 rings (SSSR count). The Hall–Kier alpha value is 0.160. The molecule has 0 spiro atoms. The van der Waals surface area contributed by atoms with E-state index in [0.29, 0.717) is 19.0 Å². The van der Waals surface area contributed by atoms with Crippen molar-refractivity contribution < 1.29 is 13.2 Å². The number of hydrogen-bond acceptors (Lipinski definition) is 3. The lowest BCUT2D eigenvalue weighted by atomic mass is 10.2. The van der Waals surface area contributed by atoms with Crippen LogP contribution in [0.15, 0.2) is 0 Å². The van der Waals surface area contributed by atoms with Crippen LogP contribution >= 0.6 is 11.6 Å². The Morgan fingerprint density at radius 3 is 2.53 bits per heavy atom. The van der Waals surface area contributed by atoms with Gasteiger partial charge in [-0.25, -0.2) is 8.42 Å². The summed E-state index contributed by atoms with van der Waals surface area (Å²) in [6.07, 6.45) is 4.16. The Morgan fingerprint density at radius 1 is 1.35 bits per heavy atom. The second-order valence-electron chi connectivity index (χ2n) is 4.25. The lowest BCUT2D eigenvalue weighted by Gasteiger charge is -2.27. The molecule has 1 aliphatic rings. The predicted octanol–water partition coefficient (Wildman–Crippen LogP) is 1.84. The molecule has 1 saturated carbocycles. The first-order chi connectivity index (χ1) is 8.11. The van der Waals surface area contributed by atoms with Gasteiger partial charge in [0.25, 0.3) is 0 Å². The van der Waals surface area contributed by atoms with E-state index in [1.54, 1.807) is 4.31 Å². The van der Waals surface area contributed by atoms with Crippen molar-refractivity contribution in [2.75, 3.05) is 31.4 Å². The molecule has 0 aromatic heterocycles.